The molecule has 1 aromatic heterocycles. The smallest absolute Gasteiger partial charge is 0.238 e. The molecular weight excluding hydrogens is 338 g/mol. The molecule has 0 spiro atoms. The third-order valence-corrected chi connectivity index (χ3v) is 5.77. The second kappa shape index (κ2) is 6.63. The topological polar surface area (TPSA) is 81.1 Å². The molecule has 2 aromatic rings. The fourth-order valence-corrected chi connectivity index (χ4v) is 3.73. The Balaban J connectivity index is 2.47. The van der Waals surface area contributed by atoms with E-state index in [0.29, 0.717) is 0 Å². The summed E-state index contributed by atoms with van der Waals surface area (Å²) in [7, 11) is -3.94. The second-order valence-electron chi connectivity index (χ2n) is 7.30. The van der Waals surface area contributed by atoms with Crippen molar-refractivity contribution in [3.8, 4) is 5.69 Å². The average molecular weight is 363 g/mol. The molecule has 2 rings (SSSR count). The number of sulfone groups is 1. The molecule has 0 aliphatic heterocycles. The van der Waals surface area contributed by atoms with Gasteiger partial charge in [-0.15, -0.1) is 0 Å². The van der Waals surface area contributed by atoms with E-state index in [1.54, 1.807) is 27.0 Å². The van der Waals surface area contributed by atoms with Crippen LogP contribution in [0.5, 0.6) is 0 Å². The van der Waals surface area contributed by atoms with Crippen LogP contribution in [0.25, 0.3) is 5.69 Å². The Morgan fingerprint density at radius 3 is 2.48 bits per heavy atom. The number of amides is 1. The molecule has 25 heavy (non-hydrogen) atoms. The number of nitrogens with zero attached hydrogens (tertiary/aromatic N) is 2. The maximum atomic E-state index is 13.0. The minimum Gasteiger partial charge on any atom is -0.350 e. The number of benzene rings is 1. The first-order chi connectivity index (χ1) is 11.4. The molecule has 1 amide bonds. The minimum absolute atomic E-state index is 0.127. The first-order valence-electron chi connectivity index (χ1n) is 8.10. The van der Waals surface area contributed by atoms with E-state index in [1.165, 1.54) is 17.7 Å². The number of rotatable bonds is 4. The van der Waals surface area contributed by atoms with Crippen molar-refractivity contribution in [1.29, 1.82) is 0 Å². The Labute approximate surface area is 149 Å². The molecule has 0 bridgehead atoms. The van der Waals surface area contributed by atoms with Crippen molar-refractivity contribution in [2.24, 2.45) is 0 Å². The molecule has 6 nitrogen and oxygen atoms in total. The standard InChI is InChI=1S/C18H25N3O3S/c1-12-7-8-13(2)15(11-12)21-10-9-19-17(21)25(23,24)14(3)16(22)20-18(4,5)6/h7-11,14H,1-6H3,(H,20,22)/t14-/m0/s1. The van der Waals surface area contributed by atoms with Gasteiger partial charge < -0.3 is 5.32 Å². The van der Waals surface area contributed by atoms with Crippen molar-refractivity contribution < 1.29 is 13.2 Å². The quantitative estimate of drug-likeness (QED) is 0.905. The normalized spacial score (nSPS) is 13.5. The number of aromatic nitrogens is 2. The van der Waals surface area contributed by atoms with E-state index in [2.05, 4.69) is 10.3 Å². The van der Waals surface area contributed by atoms with Gasteiger partial charge in [0.15, 0.2) is 0 Å². The number of imidazole rings is 1. The maximum Gasteiger partial charge on any atom is 0.238 e. The van der Waals surface area contributed by atoms with Gasteiger partial charge in [-0.25, -0.2) is 13.4 Å². The summed E-state index contributed by atoms with van der Waals surface area (Å²) in [5.74, 6) is -0.539. The van der Waals surface area contributed by atoms with Crippen molar-refractivity contribution >= 4 is 15.7 Å². The van der Waals surface area contributed by atoms with E-state index >= 15 is 0 Å². The van der Waals surface area contributed by atoms with Crippen LogP contribution in [0.4, 0.5) is 0 Å². The number of carbonyl (C=O) groups is 1. The summed E-state index contributed by atoms with van der Waals surface area (Å²) in [6.45, 7) is 10.6. The van der Waals surface area contributed by atoms with Gasteiger partial charge in [-0.2, -0.15) is 0 Å². The van der Waals surface area contributed by atoms with Gasteiger partial charge in [0.25, 0.3) is 0 Å². The van der Waals surface area contributed by atoms with Gasteiger partial charge in [0.1, 0.15) is 5.25 Å². The van der Waals surface area contributed by atoms with Crippen LogP contribution in [0.2, 0.25) is 0 Å². The van der Waals surface area contributed by atoms with Crippen LogP contribution in [0.1, 0.15) is 38.8 Å². The van der Waals surface area contributed by atoms with Crippen molar-refractivity contribution in [3.05, 3.63) is 41.7 Å². The number of hydrogen-bond donors (Lipinski definition) is 1. The lowest BCUT2D eigenvalue weighted by Gasteiger charge is -2.23. The van der Waals surface area contributed by atoms with Crippen LogP contribution in [-0.2, 0) is 14.6 Å². The van der Waals surface area contributed by atoms with E-state index in [4.69, 9.17) is 0 Å². The number of aryl methyl sites for hydroxylation is 2. The van der Waals surface area contributed by atoms with Crippen LogP contribution in [0.3, 0.4) is 0 Å². The monoisotopic (exact) mass is 363 g/mol. The molecular formula is C18H25N3O3S. The molecule has 7 heteroatoms. The predicted molar refractivity (Wildman–Crippen MR) is 97.6 cm³/mol. The van der Waals surface area contributed by atoms with Gasteiger partial charge in [-0.3, -0.25) is 9.36 Å². The highest BCUT2D eigenvalue weighted by molar-refractivity contribution is 7.92. The fraction of sp³-hybridized carbons (Fsp3) is 0.444. The van der Waals surface area contributed by atoms with Crippen LogP contribution in [0.15, 0.2) is 35.7 Å². The summed E-state index contributed by atoms with van der Waals surface area (Å²) in [5, 5.41) is 1.35. The van der Waals surface area contributed by atoms with Gasteiger partial charge >= 0.3 is 0 Å². The lowest BCUT2D eigenvalue weighted by atomic mass is 10.1. The van der Waals surface area contributed by atoms with Crippen LogP contribution < -0.4 is 5.32 Å². The molecule has 1 heterocycles. The Hall–Kier alpha value is -2.15. The number of carbonyl (C=O) groups excluding carboxylic acids is 1. The zero-order chi connectivity index (χ0) is 19.0. The van der Waals surface area contributed by atoms with Crippen LogP contribution in [-0.4, -0.2) is 34.7 Å². The molecule has 1 aromatic carbocycles. The lowest BCUT2D eigenvalue weighted by molar-refractivity contribution is -0.121. The summed E-state index contributed by atoms with van der Waals surface area (Å²) in [5.41, 5.74) is 2.16. The highest BCUT2D eigenvalue weighted by atomic mass is 32.2. The lowest BCUT2D eigenvalue weighted by Crippen LogP contribution is -2.47. The van der Waals surface area contributed by atoms with Crippen molar-refractivity contribution in [1.82, 2.24) is 14.9 Å². The molecule has 0 fully saturated rings. The summed E-state index contributed by atoms with van der Waals surface area (Å²) >= 11 is 0. The van der Waals surface area contributed by atoms with Crippen molar-refractivity contribution in [3.63, 3.8) is 0 Å². The van der Waals surface area contributed by atoms with Gasteiger partial charge in [0, 0.05) is 17.9 Å². The van der Waals surface area contributed by atoms with Crippen molar-refractivity contribution in [2.75, 3.05) is 0 Å². The predicted octanol–water partition coefficient (Wildman–Crippen LogP) is 2.57. The molecule has 0 saturated heterocycles. The Kier molecular flexibility index (Phi) is 5.09. The third kappa shape index (κ3) is 4.10. The summed E-state index contributed by atoms with van der Waals surface area (Å²) in [4.78, 5) is 16.4. The Bertz CT molecular complexity index is 893. The van der Waals surface area contributed by atoms with Crippen LogP contribution in [0, 0.1) is 13.8 Å². The molecule has 0 unspecified atom stereocenters. The molecule has 0 aliphatic carbocycles. The van der Waals surface area contributed by atoms with E-state index in [0.717, 1.165) is 16.8 Å². The highest BCUT2D eigenvalue weighted by Gasteiger charge is 2.35. The molecule has 0 saturated carbocycles. The minimum atomic E-state index is -3.94. The van der Waals surface area contributed by atoms with Gasteiger partial charge in [-0.05, 0) is 58.7 Å². The largest absolute Gasteiger partial charge is 0.350 e. The summed E-state index contributed by atoms with van der Waals surface area (Å²) < 4.78 is 27.5. The highest BCUT2D eigenvalue weighted by Crippen LogP contribution is 2.23. The summed E-state index contributed by atoms with van der Waals surface area (Å²) in [6.07, 6.45) is 3.03. The average Bonchev–Trinajstić information content (AvgIpc) is 2.97. The fourth-order valence-electron chi connectivity index (χ4n) is 2.43. The summed E-state index contributed by atoms with van der Waals surface area (Å²) in [6, 6.07) is 5.79. The van der Waals surface area contributed by atoms with Crippen LogP contribution >= 0.6 is 0 Å². The Morgan fingerprint density at radius 1 is 1.24 bits per heavy atom. The SMILES string of the molecule is Cc1ccc(C)c(-n2ccnc2S(=O)(=O)[C@@H](C)C(=O)NC(C)(C)C)c1. The maximum absolute atomic E-state index is 13.0. The van der Waals surface area contributed by atoms with Gasteiger partial charge in [0.2, 0.25) is 20.9 Å². The first kappa shape index (κ1) is 19.2. The zero-order valence-corrected chi connectivity index (χ0v) is 16.3. The van der Waals surface area contributed by atoms with E-state index < -0.39 is 26.5 Å². The van der Waals surface area contributed by atoms with E-state index in [1.807, 2.05) is 32.0 Å². The zero-order valence-electron chi connectivity index (χ0n) is 15.5. The van der Waals surface area contributed by atoms with Crippen molar-refractivity contribution in [2.45, 2.75) is 57.5 Å². The Morgan fingerprint density at radius 2 is 1.88 bits per heavy atom. The second-order valence-corrected chi connectivity index (χ2v) is 9.46. The molecule has 0 radical (unpaired) electrons. The number of nitrogens with one attached hydrogen (secondary N) is 1. The van der Waals surface area contributed by atoms with Gasteiger partial charge in [0.05, 0.1) is 5.69 Å². The molecule has 0 aliphatic rings. The van der Waals surface area contributed by atoms with E-state index in [9.17, 15) is 13.2 Å². The third-order valence-electron chi connectivity index (χ3n) is 3.82. The van der Waals surface area contributed by atoms with E-state index in [-0.39, 0.29) is 5.16 Å². The molecule has 136 valence electrons. The van der Waals surface area contributed by atoms with Gasteiger partial charge in [-0.1, -0.05) is 12.1 Å². The first-order valence-corrected chi connectivity index (χ1v) is 9.65. The molecule has 1 atom stereocenters. The molecule has 1 N–H and O–H groups in total. The number of hydrogen-bond acceptors (Lipinski definition) is 4.